The van der Waals surface area contributed by atoms with E-state index >= 15 is 4.39 Å². The molecule has 1 unspecified atom stereocenters. The second-order valence-electron chi connectivity index (χ2n) is 15.7. The Hall–Kier alpha value is -4.22. The molecule has 3 aromatic rings. The van der Waals surface area contributed by atoms with Gasteiger partial charge in [0, 0.05) is 43.2 Å². The number of ether oxygens (including phenoxy) is 2. The fraction of sp³-hybridized carbons (Fsp3) is 0.500. The molecule has 3 aliphatic heterocycles. The largest absolute Gasteiger partial charge is 0.444 e. The van der Waals surface area contributed by atoms with Crippen molar-refractivity contribution in [2.24, 2.45) is 4.99 Å². The Morgan fingerprint density at radius 2 is 1.98 bits per heavy atom. The van der Waals surface area contributed by atoms with Gasteiger partial charge in [-0.15, -0.1) is 11.3 Å². The second-order valence-corrected chi connectivity index (χ2v) is 17.1. The van der Waals surface area contributed by atoms with Crippen LogP contribution in [0.25, 0.3) is 21.2 Å². The summed E-state index contributed by atoms with van der Waals surface area (Å²) in [5, 5.41) is 17.7. The number of anilines is 1. The van der Waals surface area contributed by atoms with Gasteiger partial charge in [-0.2, -0.15) is 5.26 Å². The van der Waals surface area contributed by atoms with Gasteiger partial charge in [0.05, 0.1) is 34.0 Å². The number of nitriles is 1. The molecule has 0 bridgehead atoms. The molecule has 2 amide bonds. The summed E-state index contributed by atoms with van der Waals surface area (Å²) in [5.74, 6) is 0.875. The van der Waals surface area contributed by atoms with Crippen LogP contribution >= 0.6 is 22.9 Å². The topological polar surface area (TPSA) is 123 Å². The summed E-state index contributed by atoms with van der Waals surface area (Å²) in [6.45, 7) is 14.2. The molecule has 0 saturated carbocycles. The Bertz CT molecular complexity index is 2110. The van der Waals surface area contributed by atoms with Crippen molar-refractivity contribution >= 4 is 55.9 Å². The lowest BCUT2D eigenvalue weighted by Gasteiger charge is -2.53. The maximum Gasteiger partial charge on any atom is 0.412 e. The number of allylic oxidation sites excluding steroid dienone is 1. The molecule has 11 nitrogen and oxygen atoms in total. The fourth-order valence-electron chi connectivity index (χ4n) is 7.35. The third kappa shape index (κ3) is 7.41. The van der Waals surface area contributed by atoms with Crippen LogP contribution in [0, 0.1) is 24.1 Å². The highest BCUT2D eigenvalue weighted by atomic mass is 35.5. The average molecular weight is 778 g/mol. The number of amidine groups is 1. The number of piperidine rings is 1. The molecule has 2 N–H and O–H groups in total. The standard InChI is InChI=1S/C40H49ClFN7O4S/c1-10-12-29(49-20-40(6,21-49)47(7)8)45-35(44-28-13-11-16-48(9)37(28)50)30-22(2)33(41)31(26-19-52-18-25(26)30)23-14-15-27(42)34-32(23)24(17-43)36(54-34)46-38(51)53-39(3,4)5/h12,14-15,28H,10-11,13,16,18-21H2,1-9H3,(H,44,45)(H,46,51)/b29-12-. The van der Waals surface area contributed by atoms with Crippen molar-refractivity contribution in [1.29, 1.82) is 5.26 Å². The molecule has 1 aromatic heterocycles. The van der Waals surface area contributed by atoms with Crippen LogP contribution in [0.15, 0.2) is 29.0 Å². The smallest absolute Gasteiger partial charge is 0.412 e. The summed E-state index contributed by atoms with van der Waals surface area (Å²) in [5.41, 5.74) is 3.61. The van der Waals surface area contributed by atoms with Gasteiger partial charge >= 0.3 is 6.09 Å². The molecular weight excluding hydrogens is 729 g/mol. The Morgan fingerprint density at radius 3 is 2.63 bits per heavy atom. The van der Waals surface area contributed by atoms with E-state index in [-0.39, 0.29) is 39.9 Å². The van der Waals surface area contributed by atoms with Gasteiger partial charge in [-0.05, 0) is 102 Å². The number of fused-ring (bicyclic) bond motifs is 2. The molecule has 6 rings (SSSR count). The molecule has 2 aromatic carbocycles. The van der Waals surface area contributed by atoms with Crippen LogP contribution < -0.4 is 10.6 Å². The van der Waals surface area contributed by atoms with Crippen LogP contribution in [0.2, 0.25) is 5.02 Å². The van der Waals surface area contributed by atoms with E-state index in [0.29, 0.717) is 45.9 Å². The first-order chi connectivity index (χ1) is 25.5. The van der Waals surface area contributed by atoms with Gasteiger partial charge in [0.2, 0.25) is 5.91 Å². The molecule has 288 valence electrons. The zero-order valence-corrected chi connectivity index (χ0v) is 34.1. The van der Waals surface area contributed by atoms with Crippen molar-refractivity contribution < 1.29 is 23.5 Å². The van der Waals surface area contributed by atoms with Crippen molar-refractivity contribution in [3.63, 3.8) is 0 Å². The number of carbonyl (C=O) groups is 2. The van der Waals surface area contributed by atoms with Crippen LogP contribution in [0.5, 0.6) is 0 Å². The Kier molecular flexibility index (Phi) is 11.1. The maximum absolute atomic E-state index is 15.5. The van der Waals surface area contributed by atoms with Crippen molar-refractivity contribution in [3.05, 3.63) is 62.7 Å². The number of carbonyl (C=O) groups excluding carboxylic acids is 2. The van der Waals surface area contributed by atoms with E-state index in [1.807, 2.05) is 14.0 Å². The zero-order chi connectivity index (χ0) is 39.3. The summed E-state index contributed by atoms with van der Waals surface area (Å²) in [7, 11) is 5.98. The van der Waals surface area contributed by atoms with Crippen LogP contribution in [-0.4, -0.2) is 90.5 Å². The van der Waals surface area contributed by atoms with Gasteiger partial charge in [0.15, 0.2) is 0 Å². The molecular formula is C40H49ClFN7O4S. The number of hydrogen-bond acceptors (Lipinski definition) is 9. The highest BCUT2D eigenvalue weighted by molar-refractivity contribution is 7.23. The van der Waals surface area contributed by atoms with Gasteiger partial charge in [0.25, 0.3) is 0 Å². The fourth-order valence-corrected chi connectivity index (χ4v) is 8.73. The molecule has 2 saturated heterocycles. The van der Waals surface area contributed by atoms with Gasteiger partial charge in [-0.3, -0.25) is 15.1 Å². The number of nitrogens with zero attached hydrogens (tertiary/aromatic N) is 5. The van der Waals surface area contributed by atoms with Crippen LogP contribution in [0.1, 0.15) is 81.7 Å². The van der Waals surface area contributed by atoms with Crippen molar-refractivity contribution in [2.75, 3.05) is 46.1 Å². The second kappa shape index (κ2) is 15.1. The minimum atomic E-state index is -0.774. The minimum Gasteiger partial charge on any atom is -0.444 e. The number of likely N-dealkylation sites (N-methyl/N-ethyl adjacent to an activating group) is 2. The predicted molar refractivity (Wildman–Crippen MR) is 212 cm³/mol. The Balaban J connectivity index is 1.52. The zero-order valence-electron chi connectivity index (χ0n) is 32.5. The lowest BCUT2D eigenvalue weighted by atomic mass is 9.87. The van der Waals surface area contributed by atoms with E-state index in [9.17, 15) is 14.9 Å². The highest BCUT2D eigenvalue weighted by Gasteiger charge is 2.42. The summed E-state index contributed by atoms with van der Waals surface area (Å²) in [6, 6.07) is 4.59. The van der Waals surface area contributed by atoms with Gasteiger partial charge < -0.3 is 29.5 Å². The molecule has 1 atom stereocenters. The Morgan fingerprint density at radius 1 is 1.28 bits per heavy atom. The average Bonchev–Trinajstić information content (AvgIpc) is 3.70. The van der Waals surface area contributed by atoms with Gasteiger partial charge in [-0.25, -0.2) is 9.18 Å². The highest BCUT2D eigenvalue weighted by Crippen LogP contribution is 2.48. The number of rotatable bonds is 8. The third-order valence-corrected chi connectivity index (χ3v) is 12.0. The van der Waals surface area contributed by atoms with Crippen molar-refractivity contribution in [2.45, 2.75) is 91.2 Å². The van der Waals surface area contributed by atoms with Crippen LogP contribution in [-0.2, 0) is 27.5 Å². The molecule has 54 heavy (non-hydrogen) atoms. The van der Waals surface area contributed by atoms with E-state index in [1.54, 1.807) is 31.7 Å². The van der Waals surface area contributed by atoms with E-state index in [0.717, 1.165) is 59.8 Å². The van der Waals surface area contributed by atoms with Gasteiger partial charge in [-0.1, -0.05) is 24.6 Å². The first kappa shape index (κ1) is 39.5. The number of halogens is 2. The molecule has 0 aliphatic carbocycles. The quantitative estimate of drug-likeness (QED) is 0.176. The van der Waals surface area contributed by atoms with Crippen LogP contribution in [0.4, 0.5) is 14.2 Å². The number of thiophene rings is 1. The number of likely N-dealkylation sites (tertiary alicyclic amines) is 2. The number of amides is 2. The molecule has 2 fully saturated rings. The molecule has 0 spiro atoms. The molecule has 14 heteroatoms. The Labute approximate surface area is 325 Å². The number of benzene rings is 2. The molecule has 3 aliphatic rings. The molecule has 0 radical (unpaired) electrons. The van der Waals surface area contributed by atoms with Crippen LogP contribution in [0.3, 0.4) is 0 Å². The number of aliphatic imine (C=N–C) groups is 1. The first-order valence-electron chi connectivity index (χ1n) is 18.3. The number of hydrogen-bond donors (Lipinski definition) is 2. The monoisotopic (exact) mass is 777 g/mol. The lowest BCUT2D eigenvalue weighted by Crippen LogP contribution is -2.67. The number of nitrogens with one attached hydrogen (secondary N) is 2. The molecule has 4 heterocycles. The maximum atomic E-state index is 15.5. The van der Waals surface area contributed by atoms with Crippen molar-refractivity contribution in [1.82, 2.24) is 20.0 Å². The van der Waals surface area contributed by atoms with E-state index in [2.05, 4.69) is 60.5 Å². The summed E-state index contributed by atoms with van der Waals surface area (Å²) in [6.07, 6.45) is 3.63. The minimum absolute atomic E-state index is 0.0105. The van der Waals surface area contributed by atoms with Crippen molar-refractivity contribution in [3.8, 4) is 17.2 Å². The van der Waals surface area contributed by atoms with E-state index < -0.39 is 23.6 Å². The van der Waals surface area contributed by atoms with Gasteiger partial charge in [0.1, 0.15) is 40.2 Å². The summed E-state index contributed by atoms with van der Waals surface area (Å²) in [4.78, 5) is 37.7. The lowest BCUT2D eigenvalue weighted by molar-refractivity contribution is -0.133. The predicted octanol–water partition coefficient (Wildman–Crippen LogP) is 7.76. The first-order valence-corrected chi connectivity index (χ1v) is 19.5. The van der Waals surface area contributed by atoms with E-state index in [1.165, 1.54) is 6.07 Å². The third-order valence-electron chi connectivity index (χ3n) is 10.5. The SMILES string of the molecule is CC/C=C(/NC(=NC1CCCN(C)C1=O)c1c(C)c(Cl)c(-c2ccc(F)c3sc(NC(=O)OC(C)(C)C)c(C#N)c23)c2c1COC2)N1CC(C)(N(C)C)C1. The summed E-state index contributed by atoms with van der Waals surface area (Å²) < 4.78 is 27.3. The normalized spacial score (nSPS) is 18.9. The van der Waals surface area contributed by atoms with E-state index in [4.69, 9.17) is 26.1 Å². The summed E-state index contributed by atoms with van der Waals surface area (Å²) >= 11 is 8.39.